The SMILES string of the molecule is CCC(C(N)=S)S(=O)(=O)N(CC(N)=O)C1CCCC1. The summed E-state index contributed by atoms with van der Waals surface area (Å²) in [6.07, 6.45) is 3.71. The number of nitrogens with zero attached hydrogens (tertiary/aromatic N) is 1. The van der Waals surface area contributed by atoms with E-state index in [0.717, 1.165) is 25.7 Å². The number of carbonyl (C=O) groups excluding carboxylic acids is 1. The minimum absolute atomic E-state index is 0.0602. The summed E-state index contributed by atoms with van der Waals surface area (Å²) in [5.74, 6) is -0.659. The Balaban J connectivity index is 3.06. The van der Waals surface area contributed by atoms with Gasteiger partial charge in [-0.2, -0.15) is 4.31 Å². The second kappa shape index (κ2) is 6.62. The van der Waals surface area contributed by atoms with Gasteiger partial charge in [0, 0.05) is 6.04 Å². The number of hydrogen-bond donors (Lipinski definition) is 2. The Kier molecular flexibility index (Phi) is 5.69. The second-order valence-electron chi connectivity index (χ2n) is 4.79. The fraction of sp³-hybridized carbons (Fsp3) is 0.818. The molecule has 1 aliphatic rings. The molecule has 1 atom stereocenters. The Bertz CT molecular complexity index is 444. The molecule has 1 rings (SSSR count). The maximum atomic E-state index is 12.6. The second-order valence-corrected chi connectivity index (χ2v) is 7.33. The van der Waals surface area contributed by atoms with Crippen molar-refractivity contribution >= 4 is 33.1 Å². The molecule has 0 saturated heterocycles. The summed E-state index contributed by atoms with van der Waals surface area (Å²) < 4.78 is 26.4. The number of rotatable bonds is 7. The van der Waals surface area contributed by atoms with Crippen molar-refractivity contribution in [2.45, 2.75) is 50.3 Å². The van der Waals surface area contributed by atoms with Crippen molar-refractivity contribution in [3.05, 3.63) is 0 Å². The van der Waals surface area contributed by atoms with Crippen LogP contribution < -0.4 is 11.5 Å². The summed E-state index contributed by atoms with van der Waals surface area (Å²) in [5, 5.41) is -0.928. The smallest absolute Gasteiger partial charge is 0.232 e. The molecule has 0 spiro atoms. The zero-order chi connectivity index (χ0) is 14.6. The summed E-state index contributed by atoms with van der Waals surface area (Å²) in [6, 6.07) is -0.166. The van der Waals surface area contributed by atoms with E-state index in [4.69, 9.17) is 23.7 Å². The van der Waals surface area contributed by atoms with E-state index in [9.17, 15) is 13.2 Å². The maximum absolute atomic E-state index is 12.6. The van der Waals surface area contributed by atoms with Crippen LogP contribution in [0.15, 0.2) is 0 Å². The summed E-state index contributed by atoms with van der Waals surface area (Å²) in [4.78, 5) is 11.1. The quantitative estimate of drug-likeness (QED) is 0.649. The highest BCUT2D eigenvalue weighted by Crippen LogP contribution is 2.27. The average Bonchev–Trinajstić information content (AvgIpc) is 2.78. The van der Waals surface area contributed by atoms with Gasteiger partial charge in [0.05, 0.1) is 11.5 Å². The first-order chi connectivity index (χ1) is 8.80. The fourth-order valence-corrected chi connectivity index (χ4v) is 5.00. The predicted octanol–water partition coefficient (Wildman–Crippen LogP) is 0.111. The van der Waals surface area contributed by atoms with Crippen molar-refractivity contribution in [2.24, 2.45) is 11.5 Å². The molecule has 0 bridgehead atoms. The van der Waals surface area contributed by atoms with Crippen LogP contribution in [0.2, 0.25) is 0 Å². The van der Waals surface area contributed by atoms with Crippen LogP contribution in [-0.2, 0) is 14.8 Å². The van der Waals surface area contributed by atoms with Gasteiger partial charge in [0.2, 0.25) is 15.9 Å². The molecule has 0 heterocycles. The largest absolute Gasteiger partial charge is 0.392 e. The molecule has 0 aromatic carbocycles. The molecule has 0 radical (unpaired) electrons. The number of primary amides is 1. The zero-order valence-corrected chi connectivity index (χ0v) is 12.7. The van der Waals surface area contributed by atoms with E-state index in [1.807, 2.05) is 0 Å². The van der Waals surface area contributed by atoms with Crippen molar-refractivity contribution in [3.63, 3.8) is 0 Å². The molecule has 0 aromatic rings. The predicted molar refractivity (Wildman–Crippen MR) is 77.9 cm³/mol. The van der Waals surface area contributed by atoms with Crippen LogP contribution in [0.3, 0.4) is 0 Å². The molecule has 1 amide bonds. The van der Waals surface area contributed by atoms with Gasteiger partial charge in [0.15, 0.2) is 0 Å². The number of sulfonamides is 1. The lowest BCUT2D eigenvalue weighted by molar-refractivity contribution is -0.118. The van der Waals surface area contributed by atoms with Gasteiger partial charge in [0.1, 0.15) is 5.25 Å². The van der Waals surface area contributed by atoms with Crippen LogP contribution >= 0.6 is 12.2 Å². The first-order valence-corrected chi connectivity index (χ1v) is 8.30. The van der Waals surface area contributed by atoms with Gasteiger partial charge in [-0.25, -0.2) is 8.42 Å². The summed E-state index contributed by atoms with van der Waals surface area (Å²) in [5.41, 5.74) is 10.7. The van der Waals surface area contributed by atoms with E-state index >= 15 is 0 Å². The number of amides is 1. The van der Waals surface area contributed by atoms with Gasteiger partial charge in [-0.1, -0.05) is 32.0 Å². The Labute approximate surface area is 119 Å². The van der Waals surface area contributed by atoms with E-state index < -0.39 is 21.2 Å². The van der Waals surface area contributed by atoms with Crippen LogP contribution in [-0.4, -0.2) is 41.5 Å². The van der Waals surface area contributed by atoms with Gasteiger partial charge >= 0.3 is 0 Å². The van der Waals surface area contributed by atoms with E-state index in [1.165, 1.54) is 4.31 Å². The molecule has 8 heteroatoms. The van der Waals surface area contributed by atoms with Crippen LogP contribution in [0.4, 0.5) is 0 Å². The third-order valence-corrected chi connectivity index (χ3v) is 6.24. The van der Waals surface area contributed by atoms with Crippen molar-refractivity contribution in [2.75, 3.05) is 6.54 Å². The summed E-state index contributed by atoms with van der Waals surface area (Å²) in [6.45, 7) is 1.41. The van der Waals surface area contributed by atoms with Gasteiger partial charge in [-0.05, 0) is 19.3 Å². The van der Waals surface area contributed by atoms with Crippen molar-refractivity contribution in [1.29, 1.82) is 0 Å². The third-order valence-electron chi connectivity index (χ3n) is 3.42. The first-order valence-electron chi connectivity index (χ1n) is 6.39. The number of carbonyl (C=O) groups is 1. The van der Waals surface area contributed by atoms with E-state index in [1.54, 1.807) is 6.92 Å². The molecule has 4 N–H and O–H groups in total. The molecule has 19 heavy (non-hydrogen) atoms. The maximum Gasteiger partial charge on any atom is 0.232 e. The van der Waals surface area contributed by atoms with Gasteiger partial charge in [-0.15, -0.1) is 0 Å². The third kappa shape index (κ3) is 3.87. The molecular formula is C11H21N3O3S2. The van der Waals surface area contributed by atoms with Crippen LogP contribution in [0.1, 0.15) is 39.0 Å². The van der Waals surface area contributed by atoms with Crippen molar-refractivity contribution < 1.29 is 13.2 Å². The molecule has 1 saturated carbocycles. The van der Waals surface area contributed by atoms with Crippen molar-refractivity contribution in [3.8, 4) is 0 Å². The van der Waals surface area contributed by atoms with Gasteiger partial charge in [0.25, 0.3) is 0 Å². The molecule has 1 aliphatic carbocycles. The van der Waals surface area contributed by atoms with Gasteiger partial charge < -0.3 is 11.5 Å². The minimum Gasteiger partial charge on any atom is -0.392 e. The molecular weight excluding hydrogens is 286 g/mol. The van der Waals surface area contributed by atoms with Crippen LogP contribution in [0, 0.1) is 0 Å². The van der Waals surface area contributed by atoms with Gasteiger partial charge in [-0.3, -0.25) is 4.79 Å². The minimum atomic E-state index is -3.72. The Morgan fingerprint density at radius 2 is 1.89 bits per heavy atom. The lowest BCUT2D eigenvalue weighted by Gasteiger charge is -2.30. The normalized spacial score (nSPS) is 18.6. The Morgan fingerprint density at radius 3 is 2.26 bits per heavy atom. The van der Waals surface area contributed by atoms with Crippen LogP contribution in [0.5, 0.6) is 0 Å². The van der Waals surface area contributed by atoms with E-state index in [-0.39, 0.29) is 17.6 Å². The van der Waals surface area contributed by atoms with E-state index in [2.05, 4.69) is 0 Å². The number of hydrogen-bond acceptors (Lipinski definition) is 4. The Hall–Kier alpha value is -0.730. The topological polar surface area (TPSA) is 106 Å². The number of nitrogens with two attached hydrogens (primary N) is 2. The highest BCUT2D eigenvalue weighted by Gasteiger charge is 2.38. The highest BCUT2D eigenvalue weighted by atomic mass is 32.2. The fourth-order valence-electron chi connectivity index (χ4n) is 2.49. The monoisotopic (exact) mass is 307 g/mol. The van der Waals surface area contributed by atoms with Crippen molar-refractivity contribution in [1.82, 2.24) is 4.31 Å². The molecule has 1 unspecified atom stereocenters. The molecule has 1 fully saturated rings. The molecule has 0 aliphatic heterocycles. The lowest BCUT2D eigenvalue weighted by Crippen LogP contribution is -2.50. The average molecular weight is 307 g/mol. The standard InChI is InChI=1S/C11H21N3O3S2/c1-2-9(11(13)18)19(16,17)14(7-10(12)15)8-5-3-4-6-8/h8-9H,2-7H2,1H3,(H2,12,15)(H2,13,18). The summed E-state index contributed by atoms with van der Waals surface area (Å²) >= 11 is 4.83. The molecule has 0 aromatic heterocycles. The lowest BCUT2D eigenvalue weighted by atomic mass is 10.2. The number of thiocarbonyl (C=S) groups is 1. The first kappa shape index (κ1) is 16.3. The molecule has 110 valence electrons. The van der Waals surface area contributed by atoms with E-state index in [0.29, 0.717) is 6.42 Å². The molecule has 6 nitrogen and oxygen atoms in total. The Morgan fingerprint density at radius 1 is 1.37 bits per heavy atom. The highest BCUT2D eigenvalue weighted by molar-refractivity contribution is 7.92. The zero-order valence-electron chi connectivity index (χ0n) is 11.0. The van der Waals surface area contributed by atoms with Crippen LogP contribution in [0.25, 0.3) is 0 Å². The summed E-state index contributed by atoms with van der Waals surface area (Å²) in [7, 11) is -3.72.